The lowest BCUT2D eigenvalue weighted by molar-refractivity contribution is 0.0548. The van der Waals surface area contributed by atoms with E-state index in [4.69, 9.17) is 9.47 Å². The van der Waals surface area contributed by atoms with Crippen molar-refractivity contribution in [3.8, 4) is 11.5 Å². The molecule has 4 nitrogen and oxygen atoms in total. The van der Waals surface area contributed by atoms with E-state index in [0.717, 1.165) is 5.57 Å². The van der Waals surface area contributed by atoms with Crippen molar-refractivity contribution in [2.24, 2.45) is 0 Å². The number of methoxy groups -OCH3 is 1. The van der Waals surface area contributed by atoms with Gasteiger partial charge in [-0.25, -0.2) is 4.79 Å². The Hall–Kier alpha value is -1.97. The summed E-state index contributed by atoms with van der Waals surface area (Å²) in [6.45, 7) is 4.10. The van der Waals surface area contributed by atoms with Crippen LogP contribution >= 0.6 is 0 Å². The minimum absolute atomic E-state index is 0.00616. The predicted molar refractivity (Wildman–Crippen MR) is 64.4 cm³/mol. The number of esters is 1. The minimum Gasteiger partial charge on any atom is -0.504 e. The second-order valence-corrected chi connectivity index (χ2v) is 3.77. The van der Waals surface area contributed by atoms with Crippen molar-refractivity contribution in [2.45, 2.75) is 13.8 Å². The molecular weight excluding hydrogens is 220 g/mol. The van der Waals surface area contributed by atoms with Crippen molar-refractivity contribution in [3.05, 3.63) is 35.4 Å². The molecular formula is C13H16O4. The van der Waals surface area contributed by atoms with Gasteiger partial charge in [-0.3, -0.25) is 0 Å². The molecule has 1 N–H and O–H groups in total. The van der Waals surface area contributed by atoms with E-state index in [1.54, 1.807) is 0 Å². The lowest BCUT2D eigenvalue weighted by atomic mass is 10.2. The Morgan fingerprint density at radius 1 is 1.41 bits per heavy atom. The summed E-state index contributed by atoms with van der Waals surface area (Å²) in [5, 5.41) is 9.38. The predicted octanol–water partition coefficient (Wildman–Crippen LogP) is 2.52. The molecule has 0 heterocycles. The normalized spacial score (nSPS) is 9.59. The standard InChI is InChI=1S/C13H16O4/c1-9(2)6-7-17-13(15)10-4-5-11(14)12(8-10)16-3/h4-6,8,14H,7H2,1-3H3. The molecule has 4 heteroatoms. The summed E-state index contributed by atoms with van der Waals surface area (Å²) in [7, 11) is 1.42. The van der Waals surface area contributed by atoms with Crippen molar-refractivity contribution in [1.29, 1.82) is 0 Å². The molecule has 0 spiro atoms. The Morgan fingerprint density at radius 3 is 2.71 bits per heavy atom. The van der Waals surface area contributed by atoms with Gasteiger partial charge in [0.05, 0.1) is 12.7 Å². The first-order chi connectivity index (χ1) is 8.04. The van der Waals surface area contributed by atoms with E-state index in [2.05, 4.69) is 0 Å². The quantitative estimate of drug-likeness (QED) is 0.644. The highest BCUT2D eigenvalue weighted by molar-refractivity contribution is 5.90. The van der Waals surface area contributed by atoms with Crippen LogP contribution in [0.2, 0.25) is 0 Å². The third-order valence-corrected chi connectivity index (χ3v) is 2.12. The summed E-state index contributed by atoms with van der Waals surface area (Å²) < 4.78 is 9.93. The molecule has 1 aromatic carbocycles. The van der Waals surface area contributed by atoms with Gasteiger partial charge in [0.25, 0.3) is 0 Å². The zero-order chi connectivity index (χ0) is 12.8. The van der Waals surface area contributed by atoms with E-state index in [-0.39, 0.29) is 18.1 Å². The van der Waals surface area contributed by atoms with Gasteiger partial charge < -0.3 is 14.6 Å². The molecule has 0 amide bonds. The topological polar surface area (TPSA) is 55.8 Å². The van der Waals surface area contributed by atoms with E-state index in [1.165, 1.54) is 25.3 Å². The van der Waals surface area contributed by atoms with Gasteiger partial charge in [-0.05, 0) is 38.1 Å². The number of phenolic OH excluding ortho intramolecular Hbond substituents is 1. The van der Waals surface area contributed by atoms with Crippen molar-refractivity contribution in [3.63, 3.8) is 0 Å². The summed E-state index contributed by atoms with van der Waals surface area (Å²) >= 11 is 0. The number of hydrogen-bond acceptors (Lipinski definition) is 4. The van der Waals surface area contributed by atoms with Gasteiger partial charge in [0.1, 0.15) is 6.61 Å². The molecule has 0 fully saturated rings. The number of ether oxygens (including phenoxy) is 2. The van der Waals surface area contributed by atoms with Crippen molar-refractivity contribution < 1.29 is 19.4 Å². The van der Waals surface area contributed by atoms with E-state index < -0.39 is 5.97 Å². The van der Waals surface area contributed by atoms with Gasteiger partial charge in [0.15, 0.2) is 11.5 Å². The molecule has 0 aliphatic carbocycles. The average Bonchev–Trinajstić information content (AvgIpc) is 2.29. The summed E-state index contributed by atoms with van der Waals surface area (Å²) in [5.41, 5.74) is 1.43. The maximum atomic E-state index is 11.6. The zero-order valence-electron chi connectivity index (χ0n) is 10.2. The highest BCUT2D eigenvalue weighted by Gasteiger charge is 2.10. The second-order valence-electron chi connectivity index (χ2n) is 3.77. The average molecular weight is 236 g/mol. The molecule has 0 saturated carbocycles. The number of rotatable bonds is 4. The molecule has 1 rings (SSSR count). The lowest BCUT2D eigenvalue weighted by Gasteiger charge is -2.06. The summed E-state index contributed by atoms with van der Waals surface area (Å²) in [4.78, 5) is 11.6. The summed E-state index contributed by atoms with van der Waals surface area (Å²) in [6, 6.07) is 4.33. The molecule has 0 saturated heterocycles. The molecule has 0 aromatic heterocycles. The monoisotopic (exact) mass is 236 g/mol. The van der Waals surface area contributed by atoms with Crippen molar-refractivity contribution >= 4 is 5.97 Å². The van der Waals surface area contributed by atoms with Gasteiger partial charge in [0.2, 0.25) is 0 Å². The number of allylic oxidation sites excluding steroid dienone is 1. The van der Waals surface area contributed by atoms with Gasteiger partial charge in [-0.15, -0.1) is 0 Å². The molecule has 0 radical (unpaired) electrons. The maximum Gasteiger partial charge on any atom is 0.338 e. The Bertz CT molecular complexity index is 431. The zero-order valence-corrected chi connectivity index (χ0v) is 10.2. The molecule has 0 unspecified atom stereocenters. The largest absolute Gasteiger partial charge is 0.504 e. The van der Waals surface area contributed by atoms with Crippen LogP contribution in [0.1, 0.15) is 24.2 Å². The molecule has 0 atom stereocenters. The van der Waals surface area contributed by atoms with E-state index in [0.29, 0.717) is 5.56 Å². The fourth-order valence-corrected chi connectivity index (χ4v) is 1.17. The van der Waals surface area contributed by atoms with Crippen LogP contribution in [0.4, 0.5) is 0 Å². The fourth-order valence-electron chi connectivity index (χ4n) is 1.17. The fraction of sp³-hybridized carbons (Fsp3) is 0.308. The SMILES string of the molecule is COc1cc(C(=O)OCC=C(C)C)ccc1O. The van der Waals surface area contributed by atoms with Crippen LogP contribution in [-0.2, 0) is 4.74 Å². The van der Waals surface area contributed by atoms with E-state index >= 15 is 0 Å². The Balaban J connectivity index is 2.72. The smallest absolute Gasteiger partial charge is 0.338 e. The molecule has 1 aromatic rings. The van der Waals surface area contributed by atoms with Gasteiger partial charge in [-0.1, -0.05) is 5.57 Å². The molecule has 0 aliphatic rings. The van der Waals surface area contributed by atoms with Crippen molar-refractivity contribution in [1.82, 2.24) is 0 Å². The van der Waals surface area contributed by atoms with E-state index in [9.17, 15) is 9.90 Å². The number of carbonyl (C=O) groups is 1. The molecule has 17 heavy (non-hydrogen) atoms. The first-order valence-electron chi connectivity index (χ1n) is 5.22. The van der Waals surface area contributed by atoms with Crippen LogP contribution in [0.3, 0.4) is 0 Å². The Labute approximate surface area is 100 Å². The summed E-state index contributed by atoms with van der Waals surface area (Å²) in [6.07, 6.45) is 1.82. The number of hydrogen-bond donors (Lipinski definition) is 1. The van der Waals surface area contributed by atoms with E-state index in [1.807, 2.05) is 19.9 Å². The van der Waals surface area contributed by atoms with Gasteiger partial charge in [-0.2, -0.15) is 0 Å². The molecule has 0 bridgehead atoms. The molecule has 0 aliphatic heterocycles. The third kappa shape index (κ3) is 3.83. The lowest BCUT2D eigenvalue weighted by Crippen LogP contribution is -2.05. The first-order valence-corrected chi connectivity index (χ1v) is 5.22. The second kappa shape index (κ2) is 5.94. The highest BCUT2D eigenvalue weighted by Crippen LogP contribution is 2.26. The van der Waals surface area contributed by atoms with Crippen LogP contribution < -0.4 is 4.74 Å². The number of benzene rings is 1. The first kappa shape index (κ1) is 13.1. The van der Waals surface area contributed by atoms with Crippen LogP contribution in [0, 0.1) is 0 Å². The van der Waals surface area contributed by atoms with Crippen LogP contribution in [0.5, 0.6) is 11.5 Å². The Morgan fingerprint density at radius 2 is 2.12 bits per heavy atom. The Kier molecular flexibility index (Phi) is 4.57. The number of phenols is 1. The summed E-state index contributed by atoms with van der Waals surface area (Å²) in [5.74, 6) is -0.198. The highest BCUT2D eigenvalue weighted by atomic mass is 16.5. The number of carbonyl (C=O) groups excluding carboxylic acids is 1. The van der Waals surface area contributed by atoms with Crippen LogP contribution in [0.15, 0.2) is 29.8 Å². The third-order valence-electron chi connectivity index (χ3n) is 2.12. The van der Waals surface area contributed by atoms with Crippen LogP contribution in [-0.4, -0.2) is 24.8 Å². The van der Waals surface area contributed by atoms with Crippen LogP contribution in [0.25, 0.3) is 0 Å². The maximum absolute atomic E-state index is 11.6. The minimum atomic E-state index is -0.444. The van der Waals surface area contributed by atoms with Gasteiger partial charge in [0, 0.05) is 0 Å². The number of aromatic hydroxyl groups is 1. The van der Waals surface area contributed by atoms with Gasteiger partial charge >= 0.3 is 5.97 Å². The van der Waals surface area contributed by atoms with Crippen molar-refractivity contribution in [2.75, 3.05) is 13.7 Å². The molecule has 92 valence electrons.